The lowest BCUT2D eigenvalue weighted by atomic mass is 10.5. The third-order valence-corrected chi connectivity index (χ3v) is 1.94. The van der Waals surface area contributed by atoms with E-state index in [1.807, 2.05) is 11.9 Å². The maximum atomic E-state index is 11.7. The van der Waals surface area contributed by atoms with Crippen molar-refractivity contribution in [2.75, 3.05) is 48.1 Å². The molecule has 0 N–H and O–H groups in total. The number of hydrogen-bond donors (Lipinski definition) is 0. The van der Waals surface area contributed by atoms with Crippen molar-refractivity contribution in [3.05, 3.63) is 0 Å². The molecule has 14 heavy (non-hydrogen) atoms. The van der Waals surface area contributed by atoms with E-state index in [4.69, 9.17) is 9.47 Å². The van der Waals surface area contributed by atoms with E-state index in [-0.39, 0.29) is 6.03 Å². The Balaban J connectivity index is 2.56. The highest BCUT2D eigenvalue weighted by Crippen LogP contribution is 2.07. The molecule has 2 amide bonds. The van der Waals surface area contributed by atoms with Gasteiger partial charge in [-0.3, -0.25) is 14.7 Å². The number of hydrogen-bond acceptors (Lipinski definition) is 4. The standard InChI is InChI=1S/C8H17N3O3/c1-9-4-10(6-13-2)8(12)11(5-9)7-14-3/h4-7H2,1-3H3. The summed E-state index contributed by atoms with van der Waals surface area (Å²) in [6.07, 6.45) is 0. The second-order valence-corrected chi connectivity index (χ2v) is 3.34. The van der Waals surface area contributed by atoms with E-state index in [2.05, 4.69) is 0 Å². The van der Waals surface area contributed by atoms with E-state index in [1.165, 1.54) is 0 Å². The lowest BCUT2D eigenvalue weighted by molar-refractivity contribution is -0.0346. The van der Waals surface area contributed by atoms with Gasteiger partial charge in [0.05, 0.1) is 13.3 Å². The molecule has 0 radical (unpaired) electrons. The predicted molar refractivity (Wildman–Crippen MR) is 50.3 cm³/mol. The molecule has 1 aliphatic heterocycles. The Kier molecular flexibility index (Phi) is 4.12. The van der Waals surface area contributed by atoms with Gasteiger partial charge in [0.15, 0.2) is 0 Å². The van der Waals surface area contributed by atoms with E-state index in [9.17, 15) is 4.79 Å². The number of urea groups is 1. The Morgan fingerprint density at radius 2 is 1.57 bits per heavy atom. The van der Waals surface area contributed by atoms with Crippen molar-refractivity contribution in [3.8, 4) is 0 Å². The lowest BCUT2D eigenvalue weighted by Crippen LogP contribution is -2.57. The molecule has 1 heterocycles. The summed E-state index contributed by atoms with van der Waals surface area (Å²) in [6, 6.07) is -0.0493. The fraction of sp³-hybridized carbons (Fsp3) is 0.875. The highest BCUT2D eigenvalue weighted by Gasteiger charge is 2.27. The Hall–Kier alpha value is -0.850. The molecule has 6 nitrogen and oxygen atoms in total. The van der Waals surface area contributed by atoms with Gasteiger partial charge < -0.3 is 9.47 Å². The number of nitrogens with zero attached hydrogens (tertiary/aromatic N) is 3. The molecule has 0 aromatic carbocycles. The fourth-order valence-electron chi connectivity index (χ4n) is 1.45. The number of rotatable bonds is 4. The van der Waals surface area contributed by atoms with Gasteiger partial charge in [-0.25, -0.2) is 4.79 Å². The Labute approximate surface area is 84.0 Å². The maximum Gasteiger partial charge on any atom is 0.325 e. The van der Waals surface area contributed by atoms with Crippen LogP contribution in [0.25, 0.3) is 0 Å². The minimum absolute atomic E-state index is 0.0493. The summed E-state index contributed by atoms with van der Waals surface area (Å²) < 4.78 is 9.87. The van der Waals surface area contributed by atoms with Crippen LogP contribution in [-0.4, -0.2) is 68.8 Å². The third kappa shape index (κ3) is 2.57. The Bertz CT molecular complexity index is 182. The highest BCUT2D eigenvalue weighted by molar-refractivity contribution is 5.74. The van der Waals surface area contributed by atoms with Crippen molar-refractivity contribution in [3.63, 3.8) is 0 Å². The zero-order valence-electron chi connectivity index (χ0n) is 8.89. The summed E-state index contributed by atoms with van der Waals surface area (Å²) in [5.74, 6) is 0. The molecule has 82 valence electrons. The molecule has 0 aliphatic carbocycles. The zero-order valence-corrected chi connectivity index (χ0v) is 8.89. The fourth-order valence-corrected chi connectivity index (χ4v) is 1.45. The number of carbonyl (C=O) groups excluding carboxylic acids is 1. The number of ether oxygens (including phenoxy) is 2. The smallest absolute Gasteiger partial charge is 0.325 e. The normalized spacial score (nSPS) is 19.2. The SMILES string of the molecule is COCN1CN(C)CN(COC)C1=O. The van der Waals surface area contributed by atoms with Crippen molar-refractivity contribution in [1.82, 2.24) is 14.7 Å². The van der Waals surface area contributed by atoms with Crippen molar-refractivity contribution in [2.24, 2.45) is 0 Å². The first-order chi connectivity index (χ1) is 6.69. The summed E-state index contributed by atoms with van der Waals surface area (Å²) >= 11 is 0. The molecule has 1 saturated heterocycles. The van der Waals surface area contributed by atoms with Crippen LogP contribution in [0.5, 0.6) is 0 Å². The van der Waals surface area contributed by atoms with Crippen LogP contribution in [-0.2, 0) is 9.47 Å². The van der Waals surface area contributed by atoms with Gasteiger partial charge in [-0.05, 0) is 7.05 Å². The van der Waals surface area contributed by atoms with Gasteiger partial charge in [0, 0.05) is 14.2 Å². The van der Waals surface area contributed by atoms with Crippen LogP contribution in [0.4, 0.5) is 4.79 Å². The second kappa shape index (κ2) is 5.14. The highest BCUT2D eigenvalue weighted by atomic mass is 16.5. The quantitative estimate of drug-likeness (QED) is 0.633. The molecule has 0 aromatic heterocycles. The second-order valence-electron chi connectivity index (χ2n) is 3.34. The summed E-state index contributed by atoms with van der Waals surface area (Å²) in [7, 11) is 5.09. The summed E-state index contributed by atoms with van der Waals surface area (Å²) in [5, 5.41) is 0. The van der Waals surface area contributed by atoms with E-state index < -0.39 is 0 Å². The average Bonchev–Trinajstić information content (AvgIpc) is 2.14. The minimum Gasteiger partial charge on any atom is -0.364 e. The molecule has 0 saturated carbocycles. The Morgan fingerprint density at radius 3 is 1.93 bits per heavy atom. The van der Waals surface area contributed by atoms with Gasteiger partial charge in [-0.15, -0.1) is 0 Å². The van der Waals surface area contributed by atoms with E-state index in [0.717, 1.165) is 0 Å². The molecule has 0 atom stereocenters. The van der Waals surface area contributed by atoms with Crippen LogP contribution in [0.1, 0.15) is 0 Å². The molecule has 0 unspecified atom stereocenters. The van der Waals surface area contributed by atoms with Crippen LogP contribution < -0.4 is 0 Å². The van der Waals surface area contributed by atoms with Crippen LogP contribution in [0, 0.1) is 0 Å². The average molecular weight is 203 g/mol. The van der Waals surface area contributed by atoms with Crippen molar-refractivity contribution < 1.29 is 14.3 Å². The largest absolute Gasteiger partial charge is 0.364 e. The lowest BCUT2D eigenvalue weighted by Gasteiger charge is -2.39. The van der Waals surface area contributed by atoms with Crippen LogP contribution in [0.3, 0.4) is 0 Å². The van der Waals surface area contributed by atoms with Gasteiger partial charge in [-0.2, -0.15) is 0 Å². The van der Waals surface area contributed by atoms with E-state index in [0.29, 0.717) is 26.8 Å². The maximum absolute atomic E-state index is 11.7. The van der Waals surface area contributed by atoms with Crippen molar-refractivity contribution in [1.29, 1.82) is 0 Å². The molecular formula is C8H17N3O3. The number of amides is 2. The Morgan fingerprint density at radius 1 is 1.14 bits per heavy atom. The molecule has 1 fully saturated rings. The van der Waals surface area contributed by atoms with Gasteiger partial charge in [0.2, 0.25) is 0 Å². The van der Waals surface area contributed by atoms with E-state index >= 15 is 0 Å². The van der Waals surface area contributed by atoms with Crippen molar-refractivity contribution >= 4 is 6.03 Å². The first-order valence-electron chi connectivity index (χ1n) is 4.39. The molecule has 0 bridgehead atoms. The summed E-state index contributed by atoms with van der Waals surface area (Å²) in [6.45, 7) is 1.80. The van der Waals surface area contributed by atoms with Crippen LogP contribution in [0.2, 0.25) is 0 Å². The minimum atomic E-state index is -0.0493. The number of methoxy groups -OCH3 is 2. The summed E-state index contributed by atoms with van der Waals surface area (Å²) in [4.78, 5) is 17.0. The van der Waals surface area contributed by atoms with Gasteiger partial charge >= 0.3 is 6.03 Å². The molecule has 6 heteroatoms. The molecule has 0 spiro atoms. The zero-order chi connectivity index (χ0) is 10.6. The van der Waals surface area contributed by atoms with Crippen molar-refractivity contribution in [2.45, 2.75) is 0 Å². The van der Waals surface area contributed by atoms with Gasteiger partial charge in [-0.1, -0.05) is 0 Å². The summed E-state index contributed by atoms with van der Waals surface area (Å²) in [5.41, 5.74) is 0. The topological polar surface area (TPSA) is 45.2 Å². The predicted octanol–water partition coefficient (Wildman–Crippen LogP) is -0.221. The third-order valence-electron chi connectivity index (χ3n) is 1.94. The molecular weight excluding hydrogens is 186 g/mol. The molecule has 0 aromatic rings. The monoisotopic (exact) mass is 203 g/mol. The first-order valence-corrected chi connectivity index (χ1v) is 4.39. The van der Waals surface area contributed by atoms with Crippen LogP contribution >= 0.6 is 0 Å². The first kappa shape index (κ1) is 11.2. The molecule has 1 rings (SSSR count). The van der Waals surface area contributed by atoms with E-state index in [1.54, 1.807) is 24.0 Å². The van der Waals surface area contributed by atoms with Gasteiger partial charge in [0.1, 0.15) is 13.5 Å². The number of carbonyl (C=O) groups is 1. The van der Waals surface area contributed by atoms with Gasteiger partial charge in [0.25, 0.3) is 0 Å². The molecule has 1 aliphatic rings. The van der Waals surface area contributed by atoms with Crippen LogP contribution in [0.15, 0.2) is 0 Å².